The minimum Gasteiger partial charge on any atom is -0.396 e. The summed E-state index contributed by atoms with van der Waals surface area (Å²) < 4.78 is 0. The summed E-state index contributed by atoms with van der Waals surface area (Å²) >= 11 is 0. The van der Waals surface area contributed by atoms with E-state index in [1.54, 1.807) is 0 Å². The van der Waals surface area contributed by atoms with E-state index in [9.17, 15) is 5.11 Å². The number of aliphatic hydroxyl groups is 1. The Kier molecular flexibility index (Phi) is 2.61. The average molecular weight is 194 g/mol. The molecule has 78 valence electrons. The highest BCUT2D eigenvalue weighted by atomic mass is 16.3. The van der Waals surface area contributed by atoms with Crippen LogP contribution in [0.1, 0.15) is 30.9 Å². The second-order valence-electron chi connectivity index (χ2n) is 4.24. The van der Waals surface area contributed by atoms with Gasteiger partial charge in [-0.1, -0.05) is 6.42 Å². The second kappa shape index (κ2) is 3.75. The van der Waals surface area contributed by atoms with Crippen LogP contribution in [0.25, 0.3) is 0 Å². The van der Waals surface area contributed by atoms with Gasteiger partial charge >= 0.3 is 0 Å². The third-order valence-corrected chi connectivity index (χ3v) is 3.52. The molecular formula is C11H18N2O. The maximum Gasteiger partial charge on any atom is 0.0505 e. The number of hydrogen-bond donors (Lipinski definition) is 3. The lowest BCUT2D eigenvalue weighted by molar-refractivity contribution is 0.00787. The molecule has 0 aliphatic heterocycles. The first-order valence-corrected chi connectivity index (χ1v) is 5.23. The van der Waals surface area contributed by atoms with E-state index in [1.165, 1.54) is 12.0 Å². The van der Waals surface area contributed by atoms with Crippen LogP contribution >= 0.6 is 0 Å². The van der Waals surface area contributed by atoms with Crippen molar-refractivity contribution in [2.24, 2.45) is 5.41 Å². The van der Waals surface area contributed by atoms with Gasteiger partial charge in [0.15, 0.2) is 0 Å². The SMILES string of the molecule is CNC(c1cc[nH]c1)C1(CO)CCC1. The molecule has 0 aromatic carbocycles. The largest absolute Gasteiger partial charge is 0.396 e. The van der Waals surface area contributed by atoms with Crippen LogP contribution in [0.2, 0.25) is 0 Å². The van der Waals surface area contributed by atoms with Crippen molar-refractivity contribution in [2.45, 2.75) is 25.3 Å². The van der Waals surface area contributed by atoms with Gasteiger partial charge in [0.05, 0.1) is 6.61 Å². The Balaban J connectivity index is 2.20. The molecule has 3 heteroatoms. The van der Waals surface area contributed by atoms with Gasteiger partial charge in [-0.05, 0) is 31.5 Å². The van der Waals surface area contributed by atoms with Crippen LogP contribution < -0.4 is 5.32 Å². The van der Waals surface area contributed by atoms with Crippen LogP contribution in [0.3, 0.4) is 0 Å². The summed E-state index contributed by atoms with van der Waals surface area (Å²) in [5.41, 5.74) is 1.33. The summed E-state index contributed by atoms with van der Waals surface area (Å²) in [5, 5.41) is 12.8. The highest BCUT2D eigenvalue weighted by Crippen LogP contribution is 2.49. The lowest BCUT2D eigenvalue weighted by Crippen LogP contribution is -2.44. The quantitative estimate of drug-likeness (QED) is 0.679. The third kappa shape index (κ3) is 1.37. The van der Waals surface area contributed by atoms with Crippen LogP contribution in [0.15, 0.2) is 18.5 Å². The van der Waals surface area contributed by atoms with Gasteiger partial charge in [-0.15, -0.1) is 0 Å². The Morgan fingerprint density at radius 3 is 2.79 bits per heavy atom. The fourth-order valence-corrected chi connectivity index (χ4v) is 2.51. The molecule has 0 saturated heterocycles. The van der Waals surface area contributed by atoms with Crippen molar-refractivity contribution in [3.05, 3.63) is 24.0 Å². The normalized spacial score (nSPS) is 21.6. The first-order chi connectivity index (χ1) is 6.82. The van der Waals surface area contributed by atoms with Gasteiger partial charge in [-0.25, -0.2) is 0 Å². The van der Waals surface area contributed by atoms with E-state index in [1.807, 2.05) is 19.4 Å². The molecule has 0 amide bonds. The first kappa shape index (κ1) is 9.74. The molecule has 3 N–H and O–H groups in total. The molecule has 1 heterocycles. The molecule has 1 saturated carbocycles. The molecular weight excluding hydrogens is 176 g/mol. The Morgan fingerprint density at radius 1 is 1.64 bits per heavy atom. The summed E-state index contributed by atoms with van der Waals surface area (Å²) in [7, 11) is 1.97. The van der Waals surface area contributed by atoms with Crippen LogP contribution in [0, 0.1) is 5.41 Å². The monoisotopic (exact) mass is 194 g/mol. The minimum absolute atomic E-state index is 0.0803. The fraction of sp³-hybridized carbons (Fsp3) is 0.636. The topological polar surface area (TPSA) is 48.0 Å². The fourth-order valence-electron chi connectivity index (χ4n) is 2.51. The molecule has 1 aliphatic carbocycles. The number of H-pyrrole nitrogens is 1. The number of hydrogen-bond acceptors (Lipinski definition) is 2. The molecule has 1 unspecified atom stereocenters. The van der Waals surface area contributed by atoms with E-state index in [0.29, 0.717) is 0 Å². The number of aromatic nitrogens is 1. The number of rotatable bonds is 4. The molecule has 3 nitrogen and oxygen atoms in total. The van der Waals surface area contributed by atoms with E-state index in [0.717, 1.165) is 12.8 Å². The van der Waals surface area contributed by atoms with Crippen molar-refractivity contribution in [1.29, 1.82) is 0 Å². The lowest BCUT2D eigenvalue weighted by Gasteiger charge is -2.46. The maximum atomic E-state index is 9.49. The van der Waals surface area contributed by atoms with Gasteiger partial charge in [-0.2, -0.15) is 0 Å². The van der Waals surface area contributed by atoms with Gasteiger partial charge < -0.3 is 15.4 Å². The van der Waals surface area contributed by atoms with Crippen LogP contribution in [-0.2, 0) is 0 Å². The van der Waals surface area contributed by atoms with Gasteiger partial charge in [-0.3, -0.25) is 0 Å². The van der Waals surface area contributed by atoms with Gasteiger partial charge in [0, 0.05) is 23.9 Å². The van der Waals surface area contributed by atoms with E-state index in [-0.39, 0.29) is 18.1 Å². The van der Waals surface area contributed by atoms with E-state index >= 15 is 0 Å². The summed E-state index contributed by atoms with van der Waals surface area (Å²) in [5.74, 6) is 0. The third-order valence-electron chi connectivity index (χ3n) is 3.52. The van der Waals surface area contributed by atoms with Gasteiger partial charge in [0.1, 0.15) is 0 Å². The summed E-state index contributed by atoms with van der Waals surface area (Å²) in [4.78, 5) is 3.07. The molecule has 0 bridgehead atoms. The van der Waals surface area contributed by atoms with Crippen molar-refractivity contribution in [3.63, 3.8) is 0 Å². The molecule has 2 rings (SSSR count). The summed E-state index contributed by atoms with van der Waals surface area (Å²) in [6.07, 6.45) is 7.43. The smallest absolute Gasteiger partial charge is 0.0505 e. The van der Waals surface area contributed by atoms with Crippen LogP contribution in [0.4, 0.5) is 0 Å². The molecule has 14 heavy (non-hydrogen) atoms. The highest BCUT2D eigenvalue weighted by Gasteiger charge is 2.43. The van der Waals surface area contributed by atoms with Gasteiger partial charge in [0.25, 0.3) is 0 Å². The lowest BCUT2D eigenvalue weighted by atomic mass is 9.63. The van der Waals surface area contributed by atoms with Crippen LogP contribution in [0.5, 0.6) is 0 Å². The number of nitrogens with one attached hydrogen (secondary N) is 2. The first-order valence-electron chi connectivity index (χ1n) is 5.23. The van der Waals surface area contributed by atoms with E-state index < -0.39 is 0 Å². The zero-order chi connectivity index (χ0) is 10.0. The summed E-state index contributed by atoms with van der Waals surface area (Å²) in [6, 6.07) is 2.36. The molecule has 1 atom stereocenters. The average Bonchev–Trinajstić information content (AvgIpc) is 2.63. The van der Waals surface area contributed by atoms with Crippen molar-refractivity contribution in [3.8, 4) is 0 Å². The van der Waals surface area contributed by atoms with Crippen molar-refractivity contribution in [2.75, 3.05) is 13.7 Å². The molecule has 0 spiro atoms. The molecule has 1 fully saturated rings. The number of aliphatic hydroxyl groups excluding tert-OH is 1. The van der Waals surface area contributed by atoms with E-state index in [2.05, 4.69) is 16.4 Å². The Morgan fingerprint density at radius 2 is 2.43 bits per heavy atom. The predicted octanol–water partition coefficient (Wildman–Crippen LogP) is 1.44. The highest BCUT2D eigenvalue weighted by molar-refractivity contribution is 5.19. The van der Waals surface area contributed by atoms with Crippen LogP contribution in [-0.4, -0.2) is 23.7 Å². The van der Waals surface area contributed by atoms with Gasteiger partial charge in [0.2, 0.25) is 0 Å². The predicted molar refractivity (Wildman–Crippen MR) is 56.0 cm³/mol. The molecule has 1 aromatic heterocycles. The van der Waals surface area contributed by atoms with Crippen molar-refractivity contribution in [1.82, 2.24) is 10.3 Å². The Hall–Kier alpha value is -0.800. The molecule has 0 radical (unpaired) electrons. The van der Waals surface area contributed by atoms with Crippen molar-refractivity contribution >= 4 is 0 Å². The van der Waals surface area contributed by atoms with Crippen molar-refractivity contribution < 1.29 is 5.11 Å². The Labute approximate surface area is 84.5 Å². The zero-order valence-electron chi connectivity index (χ0n) is 8.59. The minimum atomic E-state index is 0.0803. The second-order valence-corrected chi connectivity index (χ2v) is 4.24. The molecule has 1 aliphatic rings. The Bertz CT molecular complexity index is 272. The number of aromatic amines is 1. The zero-order valence-corrected chi connectivity index (χ0v) is 8.59. The standard InChI is InChI=1S/C11H18N2O/c1-12-10(9-3-6-13-7-9)11(8-14)4-2-5-11/h3,6-7,10,12-14H,2,4-5,8H2,1H3. The summed E-state index contributed by atoms with van der Waals surface area (Å²) in [6.45, 7) is 0.281. The van der Waals surface area contributed by atoms with E-state index in [4.69, 9.17) is 0 Å². The molecule has 1 aromatic rings. The maximum absolute atomic E-state index is 9.49.